The van der Waals surface area contributed by atoms with E-state index in [9.17, 15) is 14.4 Å². The minimum Gasteiger partial charge on any atom is -0.278 e. The number of hydrogen-bond donors (Lipinski definition) is 0. The van der Waals surface area contributed by atoms with E-state index in [4.69, 9.17) is 16.6 Å². The molecule has 1 aliphatic heterocycles. The Bertz CT molecular complexity index is 1560. The smallest absolute Gasteiger partial charge is 0.267 e. The average Bonchev–Trinajstić information content (AvgIpc) is 3.44. The number of para-hydroxylation sites is 1. The van der Waals surface area contributed by atoms with Crippen molar-refractivity contribution in [2.24, 2.45) is 0 Å². The molecular formula is C28H24ClN3O3S2. The summed E-state index contributed by atoms with van der Waals surface area (Å²) in [6.45, 7) is 0.368. The molecule has 0 N–H and O–H groups in total. The van der Waals surface area contributed by atoms with Crippen molar-refractivity contribution in [1.29, 1.82) is 0 Å². The van der Waals surface area contributed by atoms with Crippen LogP contribution in [0.25, 0.3) is 15.9 Å². The number of fused-ring (bicyclic) bond motifs is 3. The molecule has 0 unspecified atom stereocenters. The normalized spacial score (nSPS) is 17.7. The lowest BCUT2D eigenvalue weighted by atomic mass is 10.2. The molecule has 3 heterocycles. The predicted molar refractivity (Wildman–Crippen MR) is 148 cm³/mol. The molecular weight excluding hydrogens is 526 g/mol. The summed E-state index contributed by atoms with van der Waals surface area (Å²) in [7, 11) is 0. The molecule has 1 aliphatic carbocycles. The van der Waals surface area contributed by atoms with Gasteiger partial charge in [-0.1, -0.05) is 48.0 Å². The number of hydrogen-bond acceptors (Lipinski definition) is 6. The van der Waals surface area contributed by atoms with Gasteiger partial charge in [0.25, 0.3) is 11.5 Å². The Balaban J connectivity index is 1.40. The first-order valence-electron chi connectivity index (χ1n) is 12.4. The van der Waals surface area contributed by atoms with Crippen LogP contribution in [0.3, 0.4) is 0 Å². The Morgan fingerprint density at radius 3 is 2.57 bits per heavy atom. The zero-order valence-electron chi connectivity index (χ0n) is 20.0. The van der Waals surface area contributed by atoms with Gasteiger partial charge in [-0.25, -0.2) is 4.98 Å². The van der Waals surface area contributed by atoms with Crippen LogP contribution in [0.5, 0.6) is 0 Å². The highest BCUT2D eigenvalue weighted by Gasteiger charge is 2.34. The maximum absolute atomic E-state index is 13.9. The maximum atomic E-state index is 13.9. The van der Waals surface area contributed by atoms with Crippen molar-refractivity contribution < 1.29 is 9.59 Å². The van der Waals surface area contributed by atoms with Crippen LogP contribution in [-0.2, 0) is 17.6 Å². The molecule has 6 rings (SSSR count). The first-order chi connectivity index (χ1) is 18.0. The second-order valence-corrected chi connectivity index (χ2v) is 12.0. The highest BCUT2D eigenvalue weighted by Crippen LogP contribution is 2.37. The zero-order chi connectivity index (χ0) is 25.5. The van der Waals surface area contributed by atoms with Gasteiger partial charge in [-0.15, -0.1) is 11.3 Å². The van der Waals surface area contributed by atoms with Gasteiger partial charge in [0.15, 0.2) is 5.16 Å². The molecule has 0 radical (unpaired) electrons. The van der Waals surface area contributed by atoms with E-state index >= 15 is 0 Å². The Hall–Kier alpha value is -2.94. The Morgan fingerprint density at radius 2 is 1.78 bits per heavy atom. The number of thiophene rings is 1. The van der Waals surface area contributed by atoms with Crippen molar-refractivity contribution in [2.75, 3.05) is 6.54 Å². The summed E-state index contributed by atoms with van der Waals surface area (Å²) in [6, 6.07) is 16.0. The Labute approximate surface area is 227 Å². The molecule has 6 nitrogen and oxygen atoms in total. The van der Waals surface area contributed by atoms with Crippen molar-refractivity contribution in [3.05, 3.63) is 86.0 Å². The van der Waals surface area contributed by atoms with Crippen molar-refractivity contribution in [1.82, 2.24) is 14.5 Å². The fourth-order valence-corrected chi connectivity index (χ4v) is 7.74. The van der Waals surface area contributed by atoms with E-state index in [0.717, 1.165) is 48.2 Å². The monoisotopic (exact) mass is 549 g/mol. The van der Waals surface area contributed by atoms with Gasteiger partial charge in [0.2, 0.25) is 5.91 Å². The van der Waals surface area contributed by atoms with Gasteiger partial charge in [0.05, 0.1) is 16.3 Å². The van der Waals surface area contributed by atoms with E-state index < -0.39 is 5.25 Å². The molecule has 0 spiro atoms. The molecule has 2 aromatic carbocycles. The fourth-order valence-electron chi connectivity index (χ4n) is 5.10. The average molecular weight is 550 g/mol. The third kappa shape index (κ3) is 4.51. The molecule has 37 heavy (non-hydrogen) atoms. The van der Waals surface area contributed by atoms with Crippen LogP contribution in [0.2, 0.25) is 5.02 Å². The lowest BCUT2D eigenvalue weighted by molar-refractivity contribution is -0.127. The summed E-state index contributed by atoms with van der Waals surface area (Å²) in [6.07, 6.45) is 5.09. The number of thioether (sulfide) groups is 1. The second-order valence-electron chi connectivity index (χ2n) is 9.31. The quantitative estimate of drug-likeness (QED) is 0.234. The van der Waals surface area contributed by atoms with Crippen LogP contribution >= 0.6 is 34.7 Å². The number of imide groups is 1. The number of likely N-dealkylation sites (tertiary alicyclic amines) is 1. The number of carbonyl (C=O) groups excluding carboxylic acids is 2. The number of benzene rings is 2. The first kappa shape index (κ1) is 24.4. The molecule has 2 aliphatic rings. The number of nitrogens with zero attached hydrogens (tertiary/aromatic N) is 3. The van der Waals surface area contributed by atoms with Crippen LogP contribution in [0, 0.1) is 0 Å². The lowest BCUT2D eigenvalue weighted by Crippen LogP contribution is -2.41. The third-order valence-electron chi connectivity index (χ3n) is 6.95. The molecule has 1 fully saturated rings. The van der Waals surface area contributed by atoms with E-state index in [1.54, 1.807) is 40.2 Å². The molecule has 1 saturated heterocycles. The Kier molecular flexibility index (Phi) is 6.65. The maximum Gasteiger partial charge on any atom is 0.267 e. The summed E-state index contributed by atoms with van der Waals surface area (Å²) in [4.78, 5) is 49.1. The van der Waals surface area contributed by atoms with E-state index in [2.05, 4.69) is 0 Å². The standard InChI is InChI=1S/C28H24ClN3O3S2/c29-18-14-12-17(13-15-18)25(33)31-16-5-4-10-22(26(31)34)37-28-30-24-23(20-9-6-11-21(20)36-24)27(35)32(28)19-7-2-1-3-8-19/h1-3,7-8,12-15,22H,4-6,9-11,16H2/t22-/m0/s1. The predicted octanol–water partition coefficient (Wildman–Crippen LogP) is 5.90. The minimum absolute atomic E-state index is 0.0896. The minimum atomic E-state index is -0.523. The van der Waals surface area contributed by atoms with Gasteiger partial charge in [-0.3, -0.25) is 23.9 Å². The van der Waals surface area contributed by atoms with E-state index in [-0.39, 0.29) is 17.4 Å². The number of rotatable bonds is 4. The van der Waals surface area contributed by atoms with Crippen LogP contribution < -0.4 is 5.56 Å². The van der Waals surface area contributed by atoms with Crippen molar-refractivity contribution in [3.63, 3.8) is 0 Å². The summed E-state index contributed by atoms with van der Waals surface area (Å²) in [5.41, 5.74) is 2.19. The van der Waals surface area contributed by atoms with Crippen LogP contribution in [0.15, 0.2) is 64.5 Å². The lowest BCUT2D eigenvalue weighted by Gasteiger charge is -2.23. The number of carbonyl (C=O) groups is 2. The molecule has 1 atom stereocenters. The van der Waals surface area contributed by atoms with Gasteiger partial charge >= 0.3 is 0 Å². The SMILES string of the molecule is O=C(c1ccc(Cl)cc1)N1CCCC[C@H](Sc2nc3sc4c(c3c(=O)n2-c2ccccc2)CCC4)C1=O. The van der Waals surface area contributed by atoms with Crippen molar-refractivity contribution in [2.45, 2.75) is 48.9 Å². The first-order valence-corrected chi connectivity index (χ1v) is 14.5. The van der Waals surface area contributed by atoms with Gasteiger partial charge < -0.3 is 0 Å². The van der Waals surface area contributed by atoms with Crippen LogP contribution in [0.1, 0.15) is 46.5 Å². The molecule has 2 amide bonds. The van der Waals surface area contributed by atoms with E-state index in [0.29, 0.717) is 34.1 Å². The van der Waals surface area contributed by atoms with Gasteiger partial charge in [-0.2, -0.15) is 0 Å². The van der Waals surface area contributed by atoms with Gasteiger partial charge in [-0.05, 0) is 74.1 Å². The van der Waals surface area contributed by atoms with Crippen molar-refractivity contribution in [3.8, 4) is 5.69 Å². The summed E-state index contributed by atoms with van der Waals surface area (Å²) < 4.78 is 1.64. The van der Waals surface area contributed by atoms with Crippen molar-refractivity contribution >= 4 is 56.7 Å². The molecule has 9 heteroatoms. The largest absolute Gasteiger partial charge is 0.278 e. The highest BCUT2D eigenvalue weighted by atomic mass is 35.5. The zero-order valence-corrected chi connectivity index (χ0v) is 22.4. The van der Waals surface area contributed by atoms with E-state index in [1.165, 1.54) is 21.5 Å². The Morgan fingerprint density at radius 1 is 1.00 bits per heavy atom. The van der Waals surface area contributed by atoms with Crippen LogP contribution in [-0.4, -0.2) is 38.1 Å². The second kappa shape index (κ2) is 10.1. The van der Waals surface area contributed by atoms with Crippen LogP contribution in [0.4, 0.5) is 0 Å². The number of aromatic nitrogens is 2. The fraction of sp³-hybridized carbons (Fsp3) is 0.286. The summed E-state index contributed by atoms with van der Waals surface area (Å²) >= 11 is 8.87. The number of amides is 2. The summed E-state index contributed by atoms with van der Waals surface area (Å²) in [5, 5.41) is 1.21. The summed E-state index contributed by atoms with van der Waals surface area (Å²) in [5.74, 6) is -0.571. The topological polar surface area (TPSA) is 72.3 Å². The molecule has 0 saturated carbocycles. The highest BCUT2D eigenvalue weighted by molar-refractivity contribution is 8.00. The number of aryl methyl sites for hydroxylation is 2. The molecule has 0 bridgehead atoms. The van der Waals surface area contributed by atoms with Gasteiger partial charge in [0, 0.05) is 22.0 Å². The molecule has 2 aromatic heterocycles. The molecule has 4 aromatic rings. The van der Waals surface area contributed by atoms with Gasteiger partial charge in [0.1, 0.15) is 4.83 Å². The van der Waals surface area contributed by atoms with E-state index in [1.807, 2.05) is 30.3 Å². The molecule has 188 valence electrons. The third-order valence-corrected chi connectivity index (χ3v) is 9.59. The number of halogens is 1.